The van der Waals surface area contributed by atoms with Gasteiger partial charge in [0.1, 0.15) is 29.6 Å². The molecule has 0 aliphatic carbocycles. The van der Waals surface area contributed by atoms with Gasteiger partial charge in [0, 0.05) is 17.7 Å². The van der Waals surface area contributed by atoms with Gasteiger partial charge < -0.3 is 11.1 Å². The summed E-state index contributed by atoms with van der Waals surface area (Å²) in [6.45, 7) is 0.283. The average Bonchev–Trinajstić information content (AvgIpc) is 3.11. The summed E-state index contributed by atoms with van der Waals surface area (Å²) in [5, 5.41) is 26.6. The fourth-order valence-electron chi connectivity index (χ4n) is 2.86. The van der Waals surface area contributed by atoms with Crippen LogP contribution in [0.4, 0.5) is 11.6 Å². The Balaban J connectivity index is 1.80. The maximum absolute atomic E-state index is 9.31. The lowest BCUT2D eigenvalue weighted by Crippen LogP contribution is -2.09. The van der Waals surface area contributed by atoms with E-state index >= 15 is 0 Å². The highest BCUT2D eigenvalue weighted by molar-refractivity contribution is 6.29. The highest BCUT2D eigenvalue weighted by atomic mass is 35.5. The van der Waals surface area contributed by atoms with E-state index < -0.39 is 0 Å². The number of aromatic nitrogens is 5. The summed E-state index contributed by atoms with van der Waals surface area (Å²) in [5.74, 6) is 0.415. The maximum Gasteiger partial charge on any atom is 0.155 e. The first-order valence-electron chi connectivity index (χ1n) is 8.39. The first-order valence-corrected chi connectivity index (χ1v) is 8.76. The van der Waals surface area contributed by atoms with Gasteiger partial charge in [-0.2, -0.15) is 15.6 Å². The van der Waals surface area contributed by atoms with Gasteiger partial charge in [0.25, 0.3) is 0 Å². The zero-order valence-electron chi connectivity index (χ0n) is 14.8. The Labute approximate surface area is 170 Å². The van der Waals surface area contributed by atoms with Crippen molar-refractivity contribution in [1.29, 1.82) is 10.5 Å². The van der Waals surface area contributed by atoms with E-state index in [1.165, 1.54) is 17.0 Å². The van der Waals surface area contributed by atoms with Crippen LogP contribution >= 0.6 is 11.6 Å². The van der Waals surface area contributed by atoms with Crippen molar-refractivity contribution in [3.63, 3.8) is 0 Å². The Bertz CT molecular complexity index is 1310. The van der Waals surface area contributed by atoms with E-state index in [0.717, 1.165) is 11.1 Å². The number of nitrogens with two attached hydrogens (primary N) is 1. The molecule has 3 aromatic heterocycles. The molecule has 9 nitrogen and oxygen atoms in total. The third-order valence-electron chi connectivity index (χ3n) is 4.23. The Morgan fingerprint density at radius 3 is 2.79 bits per heavy atom. The van der Waals surface area contributed by atoms with Crippen molar-refractivity contribution < 1.29 is 0 Å². The molecule has 0 spiro atoms. The van der Waals surface area contributed by atoms with E-state index in [1.54, 1.807) is 18.2 Å². The largest absolute Gasteiger partial charge is 0.382 e. The molecule has 0 atom stereocenters. The number of nitrogens with one attached hydrogen (secondary N) is 1. The second-order valence-corrected chi connectivity index (χ2v) is 6.40. The molecule has 0 saturated carbocycles. The lowest BCUT2D eigenvalue weighted by molar-refractivity contribution is 0.921. The molecule has 0 saturated heterocycles. The number of anilines is 2. The summed E-state index contributed by atoms with van der Waals surface area (Å²) < 4.78 is 1.52. The molecule has 3 heterocycles. The Hall–Kier alpha value is -4.21. The molecular formula is C19H12ClN9. The van der Waals surface area contributed by atoms with Gasteiger partial charge in [-0.15, -0.1) is 0 Å². The topological polar surface area (TPSA) is 142 Å². The summed E-state index contributed by atoms with van der Waals surface area (Å²) in [6.07, 6.45) is 2.79. The molecule has 4 rings (SSSR count). The average molecular weight is 402 g/mol. The molecule has 140 valence electrons. The molecule has 10 heteroatoms. The number of imidazole rings is 1. The van der Waals surface area contributed by atoms with Crippen LogP contribution in [0.1, 0.15) is 16.7 Å². The normalized spacial score (nSPS) is 10.4. The Morgan fingerprint density at radius 2 is 2.00 bits per heavy atom. The maximum atomic E-state index is 9.31. The first-order chi connectivity index (χ1) is 14.1. The number of hydrogen-bond acceptors (Lipinski definition) is 8. The van der Waals surface area contributed by atoms with Crippen LogP contribution in [0.2, 0.25) is 5.15 Å². The zero-order chi connectivity index (χ0) is 20.4. The molecule has 0 bridgehead atoms. The van der Waals surface area contributed by atoms with Crippen molar-refractivity contribution in [1.82, 2.24) is 24.6 Å². The minimum atomic E-state index is 0.0977. The van der Waals surface area contributed by atoms with Gasteiger partial charge >= 0.3 is 0 Å². The summed E-state index contributed by atoms with van der Waals surface area (Å²) in [7, 11) is 0. The molecule has 0 aliphatic rings. The van der Waals surface area contributed by atoms with Crippen LogP contribution in [0.5, 0.6) is 0 Å². The Morgan fingerprint density at radius 1 is 1.14 bits per heavy atom. The van der Waals surface area contributed by atoms with Crippen LogP contribution in [-0.4, -0.2) is 24.6 Å². The third kappa shape index (κ3) is 3.38. The lowest BCUT2D eigenvalue weighted by Gasteiger charge is -2.12. The summed E-state index contributed by atoms with van der Waals surface area (Å²) in [4.78, 5) is 12.2. The second kappa shape index (κ2) is 7.43. The van der Waals surface area contributed by atoms with Gasteiger partial charge in [-0.1, -0.05) is 23.7 Å². The minimum absolute atomic E-state index is 0.0977. The van der Waals surface area contributed by atoms with Crippen molar-refractivity contribution in [2.45, 2.75) is 6.54 Å². The molecule has 4 aromatic rings. The van der Waals surface area contributed by atoms with Gasteiger partial charge in [0.05, 0.1) is 23.5 Å². The van der Waals surface area contributed by atoms with Crippen molar-refractivity contribution in [3.05, 3.63) is 64.7 Å². The van der Waals surface area contributed by atoms with Crippen LogP contribution in [0.15, 0.2) is 42.9 Å². The van der Waals surface area contributed by atoms with Crippen LogP contribution < -0.4 is 11.1 Å². The highest BCUT2D eigenvalue weighted by Gasteiger charge is 2.15. The number of rotatable bonds is 4. The zero-order valence-corrected chi connectivity index (χ0v) is 15.6. The van der Waals surface area contributed by atoms with Crippen molar-refractivity contribution in [3.8, 4) is 23.4 Å². The first kappa shape index (κ1) is 18.2. The summed E-state index contributed by atoms with van der Waals surface area (Å²) in [6, 6.07) is 13.0. The number of hydrogen-bond donors (Lipinski definition) is 2. The van der Waals surface area contributed by atoms with E-state index in [0.29, 0.717) is 27.9 Å². The van der Waals surface area contributed by atoms with Crippen LogP contribution in [-0.2, 0) is 6.54 Å². The highest BCUT2D eigenvalue weighted by Crippen LogP contribution is 2.26. The SMILES string of the molecule is N#Cc1cccc(-c2nn3c(Cl)cnc3cc2CNc2ncnc(N)c2C#N)c1. The van der Waals surface area contributed by atoms with E-state index in [4.69, 9.17) is 17.3 Å². The van der Waals surface area contributed by atoms with Crippen molar-refractivity contribution >= 4 is 28.9 Å². The van der Waals surface area contributed by atoms with Crippen LogP contribution in [0, 0.1) is 22.7 Å². The molecule has 0 fully saturated rings. The number of benzene rings is 1. The van der Waals surface area contributed by atoms with Gasteiger partial charge in [0.15, 0.2) is 10.8 Å². The lowest BCUT2D eigenvalue weighted by atomic mass is 10.0. The van der Waals surface area contributed by atoms with Gasteiger partial charge in [0.2, 0.25) is 0 Å². The number of nitrogen functional groups attached to an aromatic ring is 1. The van der Waals surface area contributed by atoms with E-state index in [1.807, 2.05) is 18.2 Å². The van der Waals surface area contributed by atoms with Crippen molar-refractivity contribution in [2.24, 2.45) is 0 Å². The quantitative estimate of drug-likeness (QED) is 0.531. The van der Waals surface area contributed by atoms with Gasteiger partial charge in [-0.25, -0.2) is 19.5 Å². The number of halogens is 1. The van der Waals surface area contributed by atoms with E-state index in [-0.39, 0.29) is 17.9 Å². The molecule has 0 unspecified atom stereocenters. The molecule has 3 N–H and O–H groups in total. The second-order valence-electron chi connectivity index (χ2n) is 6.01. The molecule has 0 amide bonds. The predicted molar refractivity (Wildman–Crippen MR) is 107 cm³/mol. The fraction of sp³-hybridized carbons (Fsp3) is 0.0526. The minimum Gasteiger partial charge on any atom is -0.382 e. The van der Waals surface area contributed by atoms with Gasteiger partial charge in [-0.05, 0) is 18.2 Å². The molecule has 29 heavy (non-hydrogen) atoms. The summed E-state index contributed by atoms with van der Waals surface area (Å²) >= 11 is 6.18. The van der Waals surface area contributed by atoms with E-state index in [9.17, 15) is 10.5 Å². The molecular weight excluding hydrogens is 390 g/mol. The fourth-order valence-corrected chi connectivity index (χ4v) is 3.03. The number of nitriles is 2. The van der Waals surface area contributed by atoms with Crippen LogP contribution in [0.25, 0.3) is 16.9 Å². The Kier molecular flexibility index (Phi) is 4.65. The summed E-state index contributed by atoms with van der Waals surface area (Å²) in [5.41, 5.74) is 9.12. The monoisotopic (exact) mass is 401 g/mol. The number of fused-ring (bicyclic) bond motifs is 1. The predicted octanol–water partition coefficient (Wildman–Crippen LogP) is 2.78. The number of nitrogens with zero attached hydrogens (tertiary/aromatic N) is 7. The van der Waals surface area contributed by atoms with E-state index in [2.05, 4.69) is 31.4 Å². The smallest absolute Gasteiger partial charge is 0.155 e. The van der Waals surface area contributed by atoms with Crippen molar-refractivity contribution in [2.75, 3.05) is 11.1 Å². The molecule has 0 radical (unpaired) electrons. The standard InChI is InChI=1S/C19H12ClN9/c20-15-9-24-16-5-13(8-25-19-14(7-22)18(23)26-10-27-19)17(28-29(15)16)12-3-1-2-11(4-12)6-21/h1-5,9-10H,8H2,(H3,23,25,26,27). The molecule has 1 aromatic carbocycles. The van der Waals surface area contributed by atoms with Crippen LogP contribution in [0.3, 0.4) is 0 Å². The molecule has 0 aliphatic heterocycles. The van der Waals surface area contributed by atoms with Gasteiger partial charge in [-0.3, -0.25) is 0 Å². The third-order valence-corrected chi connectivity index (χ3v) is 4.49.